The topological polar surface area (TPSA) is 371 Å². The number of nitrogens with zero attached hydrogens (tertiary/aromatic N) is 1. The number of nitrogens with two attached hydrogens (primary N) is 2. The van der Waals surface area contributed by atoms with Crippen molar-refractivity contribution in [2.75, 3.05) is 19.7 Å². The van der Waals surface area contributed by atoms with Crippen molar-refractivity contribution >= 4 is 59.1 Å². The Morgan fingerprint density at radius 1 is 0.686 bits per heavy atom. The van der Waals surface area contributed by atoms with Gasteiger partial charge in [0.25, 0.3) is 0 Å². The van der Waals surface area contributed by atoms with Crippen LogP contribution in [0.3, 0.4) is 0 Å². The lowest BCUT2D eigenvalue weighted by Crippen LogP contribution is -2.60. The largest absolute Gasteiger partial charge is 0.508 e. The first-order chi connectivity index (χ1) is 33.0. The average Bonchev–Trinajstić information content (AvgIpc) is 3.80. The molecule has 0 bridgehead atoms. The second-order valence-corrected chi connectivity index (χ2v) is 18.0. The number of carbonyl (C=O) groups excluding carboxylic acids is 9. The third-order valence-corrected chi connectivity index (χ3v) is 11.3. The van der Waals surface area contributed by atoms with Gasteiger partial charge in [0.2, 0.25) is 53.2 Å². The summed E-state index contributed by atoms with van der Waals surface area (Å²) >= 11 is 0. The van der Waals surface area contributed by atoms with E-state index in [1.54, 1.807) is 58.0 Å². The van der Waals surface area contributed by atoms with Crippen LogP contribution in [0.1, 0.15) is 77.8 Å². The number of primary amides is 1. The van der Waals surface area contributed by atoms with Crippen LogP contribution in [0.15, 0.2) is 54.6 Å². The quantitative estimate of drug-likeness (QED) is 0.0444. The Bertz CT molecular complexity index is 2160. The molecule has 3 rings (SSSR count). The summed E-state index contributed by atoms with van der Waals surface area (Å²) in [7, 11) is 0. The van der Waals surface area contributed by atoms with Crippen molar-refractivity contribution in [1.82, 2.24) is 42.1 Å². The third kappa shape index (κ3) is 18.4. The van der Waals surface area contributed by atoms with Gasteiger partial charge in [-0.1, -0.05) is 70.2 Å². The van der Waals surface area contributed by atoms with Crippen LogP contribution in [0.2, 0.25) is 0 Å². The van der Waals surface area contributed by atoms with E-state index >= 15 is 0 Å². The van der Waals surface area contributed by atoms with Gasteiger partial charge in [0.15, 0.2) is 0 Å². The number of nitrogens with one attached hydrogen (secondary N) is 7. The summed E-state index contributed by atoms with van der Waals surface area (Å²) in [6.45, 7) is 6.63. The molecule has 1 aliphatic rings. The lowest BCUT2D eigenvalue weighted by molar-refractivity contribution is -0.143. The number of aromatic hydroxyl groups is 1. The maximum atomic E-state index is 14.4. The van der Waals surface area contributed by atoms with E-state index in [2.05, 4.69) is 37.2 Å². The van der Waals surface area contributed by atoms with Crippen molar-refractivity contribution in [3.05, 3.63) is 65.7 Å². The Labute approximate surface area is 406 Å². The molecule has 1 aliphatic heterocycles. The predicted octanol–water partition coefficient (Wildman–Crippen LogP) is -2.41. The van der Waals surface area contributed by atoms with Crippen LogP contribution in [-0.4, -0.2) is 147 Å². The molecule has 384 valence electrons. The number of carbonyl (C=O) groups is 10. The molecule has 2 aromatic rings. The highest BCUT2D eigenvalue weighted by molar-refractivity contribution is 5.98. The second kappa shape index (κ2) is 27.8. The molecule has 0 saturated carbocycles. The lowest BCUT2D eigenvalue weighted by atomic mass is 10.0. The number of carboxylic acid groups (broad SMARTS) is 1. The van der Waals surface area contributed by atoms with E-state index in [1.807, 2.05) is 0 Å². The summed E-state index contributed by atoms with van der Waals surface area (Å²) < 4.78 is 0. The molecule has 23 heteroatoms. The van der Waals surface area contributed by atoms with E-state index in [0.29, 0.717) is 17.5 Å². The van der Waals surface area contributed by atoms with Crippen LogP contribution in [-0.2, 0) is 60.8 Å². The van der Waals surface area contributed by atoms with Gasteiger partial charge in [-0.3, -0.25) is 43.2 Å². The number of phenolic OH excluding ortho intramolecular Hbond substituents is 1. The highest BCUT2D eigenvalue weighted by Gasteiger charge is 2.40. The highest BCUT2D eigenvalue weighted by atomic mass is 16.4. The summed E-state index contributed by atoms with van der Waals surface area (Å²) in [5, 5.41) is 47.2. The zero-order valence-corrected chi connectivity index (χ0v) is 40.1. The molecule has 9 amide bonds. The average molecular weight is 981 g/mol. The first-order valence-electron chi connectivity index (χ1n) is 23.1. The van der Waals surface area contributed by atoms with Gasteiger partial charge in [-0.25, -0.2) is 4.79 Å². The molecular weight excluding hydrogens is 913 g/mol. The summed E-state index contributed by atoms with van der Waals surface area (Å²) in [4.78, 5) is 133. The molecule has 14 N–H and O–H groups in total. The van der Waals surface area contributed by atoms with Crippen molar-refractivity contribution in [3.63, 3.8) is 0 Å². The normalized spacial score (nSPS) is 16.3. The first-order valence-corrected chi connectivity index (χ1v) is 23.1. The number of rotatable bonds is 27. The summed E-state index contributed by atoms with van der Waals surface area (Å²) in [5.41, 5.74) is 12.0. The number of aliphatic carboxylic acids is 1. The molecule has 23 nitrogen and oxygen atoms in total. The second-order valence-electron chi connectivity index (χ2n) is 18.0. The molecule has 1 saturated heterocycles. The molecule has 0 unspecified atom stereocenters. The fourth-order valence-electron chi connectivity index (χ4n) is 7.50. The Hall–Kier alpha value is -7.14. The van der Waals surface area contributed by atoms with Crippen LogP contribution < -0.4 is 48.7 Å². The fraction of sp³-hybridized carbons (Fsp3) is 0.532. The minimum atomic E-state index is -1.64. The molecule has 0 aliphatic carbocycles. The fourth-order valence-corrected chi connectivity index (χ4v) is 7.50. The highest BCUT2D eigenvalue weighted by Crippen LogP contribution is 2.21. The monoisotopic (exact) mass is 980 g/mol. The molecule has 70 heavy (non-hydrogen) atoms. The van der Waals surface area contributed by atoms with Crippen LogP contribution >= 0.6 is 0 Å². The van der Waals surface area contributed by atoms with E-state index < -0.39 is 127 Å². The maximum absolute atomic E-state index is 14.4. The Morgan fingerprint density at radius 2 is 1.26 bits per heavy atom. The van der Waals surface area contributed by atoms with Crippen molar-refractivity contribution in [2.45, 2.75) is 128 Å². The van der Waals surface area contributed by atoms with Gasteiger partial charge in [-0.05, 0) is 67.7 Å². The number of amides is 9. The Balaban J connectivity index is 1.77. The molecule has 2 aromatic carbocycles. The SMILES string of the molecule is CC(C)C[C@H](NC(=O)[C@H](CCC(N)=O)NC(=O)[C@H](C)N)C(=O)NCC(=O)N[C@@H](Cc1ccccc1)C(=O)N1CCC[C@H]1C(=O)N[C@@H](CO)C(=O)N[C@@H](Cc1ccc(O)cc1)C(=O)N[C@H](C(=O)O)C(C)C. The van der Waals surface area contributed by atoms with Gasteiger partial charge in [0, 0.05) is 25.8 Å². The van der Waals surface area contributed by atoms with Crippen LogP contribution in [0.5, 0.6) is 5.75 Å². The van der Waals surface area contributed by atoms with E-state index in [1.165, 1.54) is 36.1 Å². The van der Waals surface area contributed by atoms with Crippen LogP contribution in [0.25, 0.3) is 0 Å². The number of aliphatic hydroxyl groups is 1. The van der Waals surface area contributed by atoms with Gasteiger partial charge in [-0.2, -0.15) is 0 Å². The minimum Gasteiger partial charge on any atom is -0.508 e. The van der Waals surface area contributed by atoms with E-state index in [-0.39, 0.29) is 56.7 Å². The summed E-state index contributed by atoms with van der Waals surface area (Å²) in [6, 6.07) is 4.11. The van der Waals surface area contributed by atoms with E-state index in [4.69, 9.17) is 11.5 Å². The summed E-state index contributed by atoms with van der Waals surface area (Å²) in [5.74, 6) is -9.16. The number of hydrogen-bond donors (Lipinski definition) is 12. The van der Waals surface area contributed by atoms with Gasteiger partial charge in [-0.15, -0.1) is 0 Å². The molecule has 8 atom stereocenters. The number of hydrogen-bond acceptors (Lipinski definition) is 13. The van der Waals surface area contributed by atoms with E-state index in [9.17, 15) is 63.3 Å². The van der Waals surface area contributed by atoms with Gasteiger partial charge in [0.05, 0.1) is 19.2 Å². The Morgan fingerprint density at radius 3 is 1.83 bits per heavy atom. The maximum Gasteiger partial charge on any atom is 0.326 e. The van der Waals surface area contributed by atoms with E-state index in [0.717, 1.165) is 0 Å². The number of phenols is 1. The van der Waals surface area contributed by atoms with Crippen LogP contribution in [0, 0.1) is 11.8 Å². The Kier molecular flexibility index (Phi) is 22.7. The zero-order chi connectivity index (χ0) is 52.2. The summed E-state index contributed by atoms with van der Waals surface area (Å²) in [6.07, 6.45) is -0.0439. The molecule has 0 radical (unpaired) electrons. The number of benzene rings is 2. The van der Waals surface area contributed by atoms with Gasteiger partial charge in [0.1, 0.15) is 48.0 Å². The van der Waals surface area contributed by atoms with Crippen molar-refractivity contribution in [2.24, 2.45) is 23.3 Å². The molecule has 1 fully saturated rings. The van der Waals surface area contributed by atoms with Crippen LogP contribution in [0.4, 0.5) is 0 Å². The molecule has 0 spiro atoms. The third-order valence-electron chi connectivity index (χ3n) is 11.3. The van der Waals surface area contributed by atoms with Gasteiger partial charge >= 0.3 is 5.97 Å². The number of carboxylic acids is 1. The molecule has 1 heterocycles. The lowest BCUT2D eigenvalue weighted by Gasteiger charge is -2.30. The minimum absolute atomic E-state index is 0.0399. The van der Waals surface area contributed by atoms with Crippen molar-refractivity contribution < 1.29 is 63.3 Å². The number of likely N-dealkylation sites (tertiary alicyclic amines) is 1. The smallest absolute Gasteiger partial charge is 0.326 e. The molecule has 0 aromatic heterocycles. The van der Waals surface area contributed by atoms with Crippen molar-refractivity contribution in [3.8, 4) is 5.75 Å². The zero-order valence-electron chi connectivity index (χ0n) is 40.1. The van der Waals surface area contributed by atoms with Gasteiger partial charge < -0.3 is 68.9 Å². The first kappa shape index (κ1) is 57.2. The number of aliphatic hydroxyl groups excluding tert-OH is 1. The standard InChI is InChI=1S/C47H68N10O13/c1-25(2)20-32(53-42(64)31(17-18-37(49)60)52-40(62)27(5)48)41(63)50-23-38(61)51-34(22-28-10-7-6-8-11-28)46(68)57-19-9-12-36(57)45(67)55-35(24-58)44(66)54-33(21-29-13-15-30(59)16-14-29)43(65)56-39(26(3)4)47(69)70/h6-8,10-11,13-16,25-27,31-36,39,58-59H,9,12,17-24,48H2,1-5H3,(H2,49,60)(H,50,63)(H,51,61)(H,52,62)(H,53,64)(H,54,66)(H,55,67)(H,56,65)(H,69,70)/t27-,31-,32-,33-,34-,35-,36-,39-/m0/s1. The van der Waals surface area contributed by atoms with Crippen molar-refractivity contribution in [1.29, 1.82) is 0 Å². The molecular formula is C47H68N10O13. The predicted molar refractivity (Wildman–Crippen MR) is 252 cm³/mol.